The molecule has 0 aliphatic carbocycles. The van der Waals surface area contributed by atoms with E-state index in [1.807, 2.05) is 0 Å². The minimum absolute atomic E-state index is 0.00944. The minimum Gasteiger partial charge on any atom is -0.383 e. The van der Waals surface area contributed by atoms with E-state index in [9.17, 15) is 10.1 Å². The van der Waals surface area contributed by atoms with E-state index in [0.29, 0.717) is 4.88 Å². The van der Waals surface area contributed by atoms with Crippen molar-refractivity contribution >= 4 is 22.2 Å². The summed E-state index contributed by atoms with van der Waals surface area (Å²) in [6.07, 6.45) is 0. The van der Waals surface area contributed by atoms with E-state index >= 15 is 0 Å². The molecule has 5 nitrogen and oxygen atoms in total. The summed E-state index contributed by atoms with van der Waals surface area (Å²) in [5.41, 5.74) is 5.10. The zero-order valence-corrected chi connectivity index (χ0v) is 6.22. The Kier molecular flexibility index (Phi) is 1.86. The fraction of sp³-hybridized carbons (Fsp3) is 0. The topological polar surface area (TPSA) is 93.0 Å². The number of hydrogen-bond donors (Lipinski definition) is 2. The smallest absolute Gasteiger partial charge is 0.324 e. The summed E-state index contributed by atoms with van der Waals surface area (Å²) in [6, 6.07) is 2.80. The monoisotopic (exact) mass is 171 g/mol. The van der Waals surface area contributed by atoms with Crippen LogP contribution in [0.3, 0.4) is 0 Å². The molecule has 1 rings (SSSR count). The predicted molar refractivity (Wildman–Crippen MR) is 42.0 cm³/mol. The van der Waals surface area contributed by atoms with Crippen molar-refractivity contribution in [1.29, 1.82) is 5.41 Å². The Labute approximate surface area is 66.1 Å². The lowest BCUT2D eigenvalue weighted by atomic mass is 10.4. The first kappa shape index (κ1) is 7.67. The third-order valence-electron chi connectivity index (χ3n) is 1.04. The van der Waals surface area contributed by atoms with E-state index in [-0.39, 0.29) is 10.8 Å². The maximum atomic E-state index is 10.1. The molecule has 3 N–H and O–H groups in total. The molecule has 0 aliphatic heterocycles. The van der Waals surface area contributed by atoms with Gasteiger partial charge in [-0.2, -0.15) is 0 Å². The maximum Gasteiger partial charge on any atom is 0.324 e. The molecule has 0 atom stereocenters. The third kappa shape index (κ3) is 1.53. The van der Waals surface area contributed by atoms with Crippen LogP contribution < -0.4 is 5.73 Å². The average molecular weight is 171 g/mol. The van der Waals surface area contributed by atoms with Crippen molar-refractivity contribution in [3.05, 3.63) is 27.1 Å². The number of amidine groups is 1. The number of nitrogens with one attached hydrogen (secondary N) is 1. The number of nitrogens with zero attached hydrogens (tertiary/aromatic N) is 1. The Hall–Kier alpha value is -1.43. The SMILES string of the molecule is N=C(N)c1ccc([N+](=O)[O-])s1. The number of nitrogens with two attached hydrogens (primary N) is 1. The zero-order chi connectivity index (χ0) is 8.43. The lowest BCUT2D eigenvalue weighted by Gasteiger charge is -1.85. The average Bonchev–Trinajstić information content (AvgIpc) is 2.33. The Morgan fingerprint density at radius 3 is 2.64 bits per heavy atom. The first-order valence-electron chi connectivity index (χ1n) is 2.70. The predicted octanol–water partition coefficient (Wildman–Crippen LogP) is 0.940. The second kappa shape index (κ2) is 2.67. The molecule has 0 bridgehead atoms. The van der Waals surface area contributed by atoms with Gasteiger partial charge in [0.2, 0.25) is 0 Å². The van der Waals surface area contributed by atoms with Gasteiger partial charge in [0.25, 0.3) is 0 Å². The van der Waals surface area contributed by atoms with E-state index in [2.05, 4.69) is 0 Å². The summed E-state index contributed by atoms with van der Waals surface area (Å²) in [5, 5.41) is 17.1. The molecule has 0 amide bonds. The van der Waals surface area contributed by atoms with Crippen LogP contribution in [-0.4, -0.2) is 10.8 Å². The van der Waals surface area contributed by atoms with Crippen molar-refractivity contribution in [2.45, 2.75) is 0 Å². The summed E-state index contributed by atoms with van der Waals surface area (Å²) in [7, 11) is 0. The van der Waals surface area contributed by atoms with Gasteiger partial charge < -0.3 is 5.73 Å². The molecule has 0 spiro atoms. The molecule has 0 aromatic carbocycles. The Balaban J connectivity index is 2.99. The van der Waals surface area contributed by atoms with Gasteiger partial charge in [-0.25, -0.2) is 0 Å². The normalized spacial score (nSPS) is 9.45. The van der Waals surface area contributed by atoms with Crippen LogP contribution in [0.1, 0.15) is 4.88 Å². The van der Waals surface area contributed by atoms with Crippen LogP contribution in [-0.2, 0) is 0 Å². The second-order valence-electron chi connectivity index (χ2n) is 1.81. The summed E-state index contributed by atoms with van der Waals surface area (Å²) in [6.45, 7) is 0. The fourth-order valence-corrected chi connectivity index (χ4v) is 1.25. The lowest BCUT2D eigenvalue weighted by Crippen LogP contribution is -2.08. The van der Waals surface area contributed by atoms with Gasteiger partial charge in [0, 0.05) is 6.07 Å². The molecule has 11 heavy (non-hydrogen) atoms. The molecular weight excluding hydrogens is 166 g/mol. The van der Waals surface area contributed by atoms with Gasteiger partial charge in [-0.15, -0.1) is 0 Å². The van der Waals surface area contributed by atoms with Crippen molar-refractivity contribution in [1.82, 2.24) is 0 Å². The van der Waals surface area contributed by atoms with Gasteiger partial charge in [0.15, 0.2) is 0 Å². The van der Waals surface area contributed by atoms with Gasteiger partial charge in [0.05, 0.1) is 9.80 Å². The van der Waals surface area contributed by atoms with Crippen LogP contribution in [0.4, 0.5) is 5.00 Å². The lowest BCUT2D eigenvalue weighted by molar-refractivity contribution is -0.380. The molecule has 0 unspecified atom stereocenters. The summed E-state index contributed by atoms with van der Waals surface area (Å²) < 4.78 is 0. The van der Waals surface area contributed by atoms with E-state index in [4.69, 9.17) is 11.1 Å². The van der Waals surface area contributed by atoms with Crippen molar-refractivity contribution in [2.24, 2.45) is 5.73 Å². The molecule has 6 heteroatoms. The van der Waals surface area contributed by atoms with E-state index in [0.717, 1.165) is 11.3 Å². The Bertz CT molecular complexity index is 278. The van der Waals surface area contributed by atoms with Gasteiger partial charge in [-0.05, 0) is 6.07 Å². The highest BCUT2D eigenvalue weighted by atomic mass is 32.1. The molecule has 0 fully saturated rings. The number of nitro groups is 1. The van der Waals surface area contributed by atoms with E-state index in [1.54, 1.807) is 0 Å². The molecule has 0 aliphatic rings. The van der Waals surface area contributed by atoms with Gasteiger partial charge >= 0.3 is 5.00 Å². The van der Waals surface area contributed by atoms with Crippen molar-refractivity contribution < 1.29 is 4.92 Å². The highest BCUT2D eigenvalue weighted by molar-refractivity contribution is 7.17. The van der Waals surface area contributed by atoms with E-state index in [1.165, 1.54) is 12.1 Å². The molecular formula is C5H5N3O2S. The van der Waals surface area contributed by atoms with Crippen molar-refractivity contribution in [3.8, 4) is 0 Å². The zero-order valence-electron chi connectivity index (χ0n) is 5.40. The molecule has 0 saturated heterocycles. The Morgan fingerprint density at radius 1 is 1.73 bits per heavy atom. The quantitative estimate of drug-likeness (QED) is 0.300. The molecule has 1 aromatic heterocycles. The summed E-state index contributed by atoms with van der Waals surface area (Å²) >= 11 is 0.900. The van der Waals surface area contributed by atoms with Gasteiger partial charge in [0.1, 0.15) is 5.84 Å². The number of hydrogen-bond acceptors (Lipinski definition) is 4. The summed E-state index contributed by atoms with van der Waals surface area (Å²) in [5.74, 6) is -0.136. The highest BCUT2D eigenvalue weighted by Crippen LogP contribution is 2.22. The first-order valence-corrected chi connectivity index (χ1v) is 3.51. The van der Waals surface area contributed by atoms with Gasteiger partial charge in [-0.1, -0.05) is 11.3 Å². The van der Waals surface area contributed by atoms with Crippen LogP contribution in [0, 0.1) is 15.5 Å². The van der Waals surface area contributed by atoms with Crippen LogP contribution >= 0.6 is 11.3 Å². The molecule has 0 radical (unpaired) electrons. The standard InChI is InChI=1S/C5H5N3O2S/c6-5(7)3-1-2-4(11-3)8(9)10/h1-2H,(H3,6,7). The molecule has 58 valence electrons. The second-order valence-corrected chi connectivity index (χ2v) is 2.87. The molecule has 0 saturated carbocycles. The van der Waals surface area contributed by atoms with Gasteiger partial charge in [-0.3, -0.25) is 15.5 Å². The van der Waals surface area contributed by atoms with Crippen LogP contribution in [0.15, 0.2) is 12.1 Å². The van der Waals surface area contributed by atoms with E-state index < -0.39 is 4.92 Å². The van der Waals surface area contributed by atoms with Crippen LogP contribution in [0.5, 0.6) is 0 Å². The minimum atomic E-state index is -0.503. The molecule has 1 aromatic rings. The number of thiophene rings is 1. The molecule has 1 heterocycles. The number of nitrogen functional groups attached to an aromatic ring is 1. The fourth-order valence-electron chi connectivity index (χ4n) is 0.571. The highest BCUT2D eigenvalue weighted by Gasteiger charge is 2.10. The summed E-state index contributed by atoms with van der Waals surface area (Å²) in [4.78, 5) is 10.1. The van der Waals surface area contributed by atoms with Crippen molar-refractivity contribution in [3.63, 3.8) is 0 Å². The Morgan fingerprint density at radius 2 is 2.36 bits per heavy atom. The maximum absolute atomic E-state index is 10.1. The third-order valence-corrected chi connectivity index (χ3v) is 2.11. The van der Waals surface area contributed by atoms with Crippen LogP contribution in [0.25, 0.3) is 0 Å². The van der Waals surface area contributed by atoms with Crippen LogP contribution in [0.2, 0.25) is 0 Å². The number of rotatable bonds is 2. The van der Waals surface area contributed by atoms with Crippen molar-refractivity contribution in [2.75, 3.05) is 0 Å². The first-order chi connectivity index (χ1) is 5.11. The largest absolute Gasteiger partial charge is 0.383 e.